The predicted octanol–water partition coefficient (Wildman–Crippen LogP) is 3.59. The van der Waals surface area contributed by atoms with Gasteiger partial charge in [-0.15, -0.1) is 0 Å². The molecule has 0 aliphatic carbocycles. The second-order valence-corrected chi connectivity index (χ2v) is 3.49. The van der Waals surface area contributed by atoms with E-state index in [0.29, 0.717) is 6.04 Å². The van der Waals surface area contributed by atoms with E-state index in [-0.39, 0.29) is 0 Å². The normalized spacial score (nSPS) is 11.1. The SMILES string of the molecule is [3H]c1ccccc1Cc1ccccc1C. The summed E-state index contributed by atoms with van der Waals surface area (Å²) in [4.78, 5) is 0. The Bertz CT molecular complexity index is 417. The first-order valence-electron chi connectivity index (χ1n) is 5.36. The minimum Gasteiger partial charge on any atom is -0.0622 e. The lowest BCUT2D eigenvalue weighted by molar-refractivity contribution is 1.16. The molecule has 0 aliphatic heterocycles. The highest BCUT2D eigenvalue weighted by molar-refractivity contribution is 5.31. The highest BCUT2D eigenvalue weighted by Crippen LogP contribution is 2.12. The monoisotopic (exact) mass is 184 g/mol. The van der Waals surface area contributed by atoms with E-state index in [1.807, 2.05) is 30.3 Å². The van der Waals surface area contributed by atoms with Crippen molar-refractivity contribution in [2.24, 2.45) is 0 Å². The summed E-state index contributed by atoms with van der Waals surface area (Å²) in [7, 11) is 0. The molecule has 2 rings (SSSR count). The summed E-state index contributed by atoms with van der Waals surface area (Å²) in [5.41, 5.74) is 3.68. The fourth-order valence-corrected chi connectivity index (χ4v) is 1.55. The highest BCUT2D eigenvalue weighted by Gasteiger charge is 1.97. The van der Waals surface area contributed by atoms with E-state index in [1.165, 1.54) is 11.1 Å². The summed E-state index contributed by atoms with van der Waals surface area (Å²) in [5.74, 6) is 0. The van der Waals surface area contributed by atoms with E-state index in [2.05, 4.69) is 25.1 Å². The molecule has 2 aromatic rings. The van der Waals surface area contributed by atoms with E-state index in [0.717, 1.165) is 12.0 Å². The van der Waals surface area contributed by atoms with Crippen LogP contribution in [0.1, 0.15) is 18.1 Å². The largest absolute Gasteiger partial charge is 0.0626 e. The third kappa shape index (κ3) is 2.02. The molecule has 2 aromatic carbocycles. The molecule has 0 fully saturated rings. The van der Waals surface area contributed by atoms with Crippen molar-refractivity contribution in [3.05, 3.63) is 71.3 Å². The standard InChI is InChI=1S/C14H14/c1-12-7-5-6-10-14(12)11-13-8-3-2-4-9-13/h2-10H,11H2,1H3/i8T. The predicted molar refractivity (Wildman–Crippen MR) is 60.4 cm³/mol. The third-order valence-corrected chi connectivity index (χ3v) is 2.42. The minimum absolute atomic E-state index is 0.626. The van der Waals surface area contributed by atoms with E-state index in [1.54, 1.807) is 0 Å². The maximum Gasteiger partial charge on any atom is 0.0626 e. The number of hydrogen-bond acceptors (Lipinski definition) is 0. The Hall–Kier alpha value is -1.56. The summed E-state index contributed by atoms with van der Waals surface area (Å²) in [5, 5.41) is 0. The van der Waals surface area contributed by atoms with Crippen molar-refractivity contribution in [3.63, 3.8) is 0 Å². The lowest BCUT2D eigenvalue weighted by Gasteiger charge is -2.04. The topological polar surface area (TPSA) is 0 Å². The second kappa shape index (κ2) is 4.10. The first kappa shape index (κ1) is 7.81. The number of aryl methyl sites for hydroxylation is 1. The first-order valence-corrected chi connectivity index (χ1v) is 4.86. The Balaban J connectivity index is 2.30. The fourth-order valence-electron chi connectivity index (χ4n) is 1.55. The zero-order valence-corrected chi connectivity index (χ0v) is 8.33. The van der Waals surface area contributed by atoms with Crippen molar-refractivity contribution in [2.45, 2.75) is 13.3 Å². The average Bonchev–Trinajstić information content (AvgIpc) is 2.24. The van der Waals surface area contributed by atoms with Crippen molar-refractivity contribution in [1.82, 2.24) is 0 Å². The van der Waals surface area contributed by atoms with Crippen molar-refractivity contribution in [3.8, 4) is 0 Å². The van der Waals surface area contributed by atoms with Gasteiger partial charge in [-0.3, -0.25) is 0 Å². The minimum atomic E-state index is 0.626. The molecule has 0 heteroatoms. The van der Waals surface area contributed by atoms with Crippen molar-refractivity contribution >= 4 is 0 Å². The van der Waals surface area contributed by atoms with Crippen LogP contribution < -0.4 is 0 Å². The Kier molecular flexibility index (Phi) is 2.29. The fraction of sp³-hybridized carbons (Fsp3) is 0.143. The van der Waals surface area contributed by atoms with Gasteiger partial charge in [0.15, 0.2) is 0 Å². The van der Waals surface area contributed by atoms with Crippen LogP contribution in [0.3, 0.4) is 0 Å². The van der Waals surface area contributed by atoms with E-state index >= 15 is 0 Å². The maximum absolute atomic E-state index is 7.79. The molecule has 0 bridgehead atoms. The van der Waals surface area contributed by atoms with Crippen LogP contribution >= 0.6 is 0 Å². The molecule has 0 heterocycles. The Labute approximate surface area is 86.6 Å². The molecule has 0 nitrogen and oxygen atoms in total. The molecule has 0 saturated carbocycles. The number of rotatable bonds is 2. The summed E-state index contributed by atoms with van der Waals surface area (Å²) in [6.45, 7) is 2.11. The lowest BCUT2D eigenvalue weighted by Crippen LogP contribution is -1.90. The van der Waals surface area contributed by atoms with Gasteiger partial charge in [-0.05, 0) is 30.0 Å². The zero-order chi connectivity index (χ0) is 10.7. The zero-order valence-electron chi connectivity index (χ0n) is 9.33. The van der Waals surface area contributed by atoms with Crippen molar-refractivity contribution < 1.29 is 1.37 Å². The molecule has 0 amide bonds. The van der Waals surface area contributed by atoms with E-state index < -0.39 is 0 Å². The molecule has 0 spiro atoms. The Morgan fingerprint density at radius 2 is 1.79 bits per heavy atom. The molecular weight excluding hydrogens is 168 g/mol. The van der Waals surface area contributed by atoms with Crippen molar-refractivity contribution in [1.29, 1.82) is 0 Å². The van der Waals surface area contributed by atoms with Crippen LogP contribution in [0.5, 0.6) is 0 Å². The molecule has 0 saturated heterocycles. The van der Waals surface area contributed by atoms with Gasteiger partial charge in [0.05, 0.1) is 1.37 Å². The Morgan fingerprint density at radius 1 is 1.00 bits per heavy atom. The maximum atomic E-state index is 7.79. The quantitative estimate of drug-likeness (QED) is 0.669. The summed E-state index contributed by atoms with van der Waals surface area (Å²) in [6, 6.07) is 16.7. The molecule has 0 unspecified atom stereocenters. The van der Waals surface area contributed by atoms with Crippen LogP contribution in [0.25, 0.3) is 0 Å². The molecule has 14 heavy (non-hydrogen) atoms. The summed E-state index contributed by atoms with van der Waals surface area (Å²) in [6.07, 6.45) is 0.854. The number of hydrogen-bond donors (Lipinski definition) is 0. The lowest BCUT2D eigenvalue weighted by atomic mass is 10.0. The molecule has 0 N–H and O–H groups in total. The molecule has 0 aromatic heterocycles. The van der Waals surface area contributed by atoms with E-state index in [9.17, 15) is 0 Å². The smallest absolute Gasteiger partial charge is 0.0622 e. The molecule has 0 atom stereocenters. The summed E-state index contributed by atoms with van der Waals surface area (Å²) < 4.78 is 7.79. The van der Waals surface area contributed by atoms with Crippen LogP contribution in [-0.2, 0) is 6.42 Å². The first-order chi connectivity index (χ1) is 7.27. The van der Waals surface area contributed by atoms with Crippen LogP contribution in [0.2, 0.25) is 0 Å². The van der Waals surface area contributed by atoms with Gasteiger partial charge in [-0.1, -0.05) is 54.6 Å². The van der Waals surface area contributed by atoms with Crippen LogP contribution in [-0.4, -0.2) is 0 Å². The van der Waals surface area contributed by atoms with Crippen LogP contribution in [0.15, 0.2) is 54.6 Å². The van der Waals surface area contributed by atoms with Crippen LogP contribution in [0, 0.1) is 6.92 Å². The highest BCUT2D eigenvalue weighted by atomic mass is 14.0. The van der Waals surface area contributed by atoms with Gasteiger partial charge in [0, 0.05) is 0 Å². The summed E-state index contributed by atoms with van der Waals surface area (Å²) >= 11 is 0. The van der Waals surface area contributed by atoms with Crippen molar-refractivity contribution in [2.75, 3.05) is 0 Å². The van der Waals surface area contributed by atoms with E-state index in [4.69, 9.17) is 1.37 Å². The second-order valence-electron chi connectivity index (χ2n) is 3.49. The van der Waals surface area contributed by atoms with Gasteiger partial charge in [-0.2, -0.15) is 0 Å². The molecule has 70 valence electrons. The average molecular weight is 184 g/mol. The van der Waals surface area contributed by atoms with Gasteiger partial charge in [-0.25, -0.2) is 0 Å². The molecule has 0 radical (unpaired) electrons. The molecule has 0 aliphatic rings. The van der Waals surface area contributed by atoms with Gasteiger partial charge in [0.25, 0.3) is 0 Å². The van der Waals surface area contributed by atoms with Gasteiger partial charge in [0.1, 0.15) is 0 Å². The number of benzene rings is 2. The Morgan fingerprint density at radius 3 is 2.57 bits per heavy atom. The van der Waals surface area contributed by atoms with Gasteiger partial charge < -0.3 is 0 Å². The van der Waals surface area contributed by atoms with Gasteiger partial charge in [0.2, 0.25) is 0 Å². The molecular formula is C14H14. The van der Waals surface area contributed by atoms with Crippen LogP contribution in [0.4, 0.5) is 0 Å². The third-order valence-electron chi connectivity index (χ3n) is 2.42. The van der Waals surface area contributed by atoms with Gasteiger partial charge >= 0.3 is 0 Å².